The van der Waals surface area contributed by atoms with Crippen LogP contribution in [0.25, 0.3) is 0 Å². The van der Waals surface area contributed by atoms with Crippen LogP contribution in [-0.2, 0) is 4.79 Å². The topological polar surface area (TPSA) is 98.7 Å². The third kappa shape index (κ3) is 4.20. The zero-order valence-electron chi connectivity index (χ0n) is 11.2. The molecule has 0 fully saturated rings. The Balaban J connectivity index is 2.65. The maximum Gasteiger partial charge on any atom is 0.328 e. The van der Waals surface area contributed by atoms with Gasteiger partial charge in [-0.3, -0.25) is 0 Å². The van der Waals surface area contributed by atoms with E-state index in [0.29, 0.717) is 11.1 Å². The Kier molecular flexibility index (Phi) is 5.45. The largest absolute Gasteiger partial charge is 0.480 e. The zero-order valence-corrected chi connectivity index (χ0v) is 11.2. The minimum absolute atomic E-state index is 0.379. The second kappa shape index (κ2) is 6.85. The highest BCUT2D eigenvalue weighted by Gasteiger charge is 2.19. The molecule has 0 heterocycles. The van der Waals surface area contributed by atoms with E-state index in [1.807, 2.05) is 0 Å². The third-order valence-electron chi connectivity index (χ3n) is 2.83. The van der Waals surface area contributed by atoms with Gasteiger partial charge < -0.3 is 20.8 Å². The Hall–Kier alpha value is -2.15. The fraction of sp³-hybridized carbons (Fsp3) is 0.385. The quantitative estimate of drug-likeness (QED) is 0.646. The molecule has 0 bridgehead atoms. The summed E-state index contributed by atoms with van der Waals surface area (Å²) in [6, 6.07) is 1.94. The maximum absolute atomic E-state index is 13.4. The number of aliphatic hydroxyl groups excluding tert-OH is 1. The molecule has 1 aromatic rings. The molecular weight excluding hydrogens is 267 g/mol. The van der Waals surface area contributed by atoms with E-state index in [1.54, 1.807) is 26.0 Å². The van der Waals surface area contributed by atoms with Gasteiger partial charge in [-0.05, 0) is 31.0 Å². The number of carbonyl (C=O) groups is 2. The van der Waals surface area contributed by atoms with Gasteiger partial charge in [0.1, 0.15) is 5.82 Å². The van der Waals surface area contributed by atoms with E-state index in [4.69, 9.17) is 10.2 Å². The number of amides is 2. The number of aryl methyl sites for hydroxylation is 1. The number of hydrogen-bond donors (Lipinski definition) is 4. The molecule has 0 saturated carbocycles. The van der Waals surface area contributed by atoms with E-state index >= 15 is 0 Å². The third-order valence-corrected chi connectivity index (χ3v) is 2.83. The smallest absolute Gasteiger partial charge is 0.328 e. The monoisotopic (exact) mass is 284 g/mol. The number of nitrogens with one attached hydrogen (secondary N) is 2. The lowest BCUT2D eigenvalue weighted by Gasteiger charge is -2.17. The van der Waals surface area contributed by atoms with Crippen LogP contribution in [-0.4, -0.2) is 34.9 Å². The Bertz CT molecular complexity index is 507. The lowest BCUT2D eigenvalue weighted by molar-refractivity contribution is -0.140. The Morgan fingerprint density at radius 1 is 1.35 bits per heavy atom. The van der Waals surface area contributed by atoms with E-state index in [1.165, 1.54) is 6.07 Å². The molecular formula is C13H17FN2O4. The van der Waals surface area contributed by atoms with Crippen molar-refractivity contribution in [3.8, 4) is 0 Å². The molecule has 2 atom stereocenters. The maximum atomic E-state index is 13.4. The van der Waals surface area contributed by atoms with Crippen LogP contribution in [0.2, 0.25) is 0 Å². The van der Waals surface area contributed by atoms with Crippen LogP contribution in [0.3, 0.4) is 0 Å². The Morgan fingerprint density at radius 2 is 2.00 bits per heavy atom. The molecule has 7 heteroatoms. The number of aliphatic carboxylic acids is 1. The second-order valence-corrected chi connectivity index (χ2v) is 4.42. The summed E-state index contributed by atoms with van der Waals surface area (Å²) in [6.07, 6.45) is 0. The van der Waals surface area contributed by atoms with E-state index in [-0.39, 0.29) is 5.82 Å². The highest BCUT2D eigenvalue weighted by Crippen LogP contribution is 2.16. The number of benzene rings is 1. The predicted molar refractivity (Wildman–Crippen MR) is 69.7 cm³/mol. The van der Waals surface area contributed by atoms with Gasteiger partial charge >= 0.3 is 12.0 Å². The van der Waals surface area contributed by atoms with Crippen LogP contribution in [0.5, 0.6) is 0 Å². The fourth-order valence-electron chi connectivity index (χ4n) is 1.54. The first-order valence-corrected chi connectivity index (χ1v) is 6.02. The zero-order chi connectivity index (χ0) is 15.3. The molecule has 0 aliphatic heterocycles. The van der Waals surface area contributed by atoms with Gasteiger partial charge in [0.05, 0.1) is 12.6 Å². The second-order valence-electron chi connectivity index (χ2n) is 4.42. The molecule has 1 unspecified atom stereocenters. The summed E-state index contributed by atoms with van der Waals surface area (Å²) in [6.45, 7) is 2.55. The summed E-state index contributed by atoms with van der Waals surface area (Å²) in [5.41, 5.74) is 1.05. The molecule has 1 rings (SSSR count). The summed E-state index contributed by atoms with van der Waals surface area (Å²) in [7, 11) is 0. The average molecular weight is 284 g/mol. The minimum Gasteiger partial charge on any atom is -0.480 e. The van der Waals surface area contributed by atoms with Crippen molar-refractivity contribution < 1.29 is 24.2 Å². The van der Waals surface area contributed by atoms with Crippen molar-refractivity contribution in [3.63, 3.8) is 0 Å². The number of carbonyl (C=O) groups excluding carboxylic acids is 1. The lowest BCUT2D eigenvalue weighted by atomic mass is 10.1. The van der Waals surface area contributed by atoms with Gasteiger partial charge in [-0.25, -0.2) is 14.0 Å². The molecule has 0 aromatic heterocycles. The Morgan fingerprint density at radius 3 is 2.50 bits per heavy atom. The molecule has 0 radical (unpaired) electrons. The molecule has 0 spiro atoms. The summed E-state index contributed by atoms with van der Waals surface area (Å²) < 4.78 is 13.4. The van der Waals surface area contributed by atoms with Crippen molar-refractivity contribution in [3.05, 3.63) is 35.1 Å². The van der Waals surface area contributed by atoms with E-state index in [0.717, 1.165) is 0 Å². The SMILES string of the molecule is Cc1ccc(C(C)NC(=O)N[C@@H](CO)C(=O)O)cc1F. The van der Waals surface area contributed by atoms with Crippen molar-refractivity contribution in [1.29, 1.82) is 0 Å². The van der Waals surface area contributed by atoms with Crippen molar-refractivity contribution in [2.75, 3.05) is 6.61 Å². The van der Waals surface area contributed by atoms with Crippen LogP contribution < -0.4 is 10.6 Å². The number of halogens is 1. The number of carboxylic acid groups (broad SMARTS) is 1. The molecule has 0 aliphatic carbocycles. The standard InChI is InChI=1S/C13H17FN2O4/c1-7-3-4-9(5-10(7)14)8(2)15-13(20)16-11(6-17)12(18)19/h3-5,8,11,17H,6H2,1-2H3,(H,18,19)(H2,15,16,20)/t8?,11-/m0/s1. The summed E-state index contributed by atoms with van der Waals surface area (Å²) in [5, 5.41) is 22.0. The molecule has 2 amide bonds. The molecule has 110 valence electrons. The van der Waals surface area contributed by atoms with Gasteiger partial charge in [0, 0.05) is 0 Å². The molecule has 20 heavy (non-hydrogen) atoms. The number of aliphatic hydroxyl groups is 1. The Labute approximate surface area is 115 Å². The van der Waals surface area contributed by atoms with Crippen molar-refractivity contribution in [2.24, 2.45) is 0 Å². The number of rotatable bonds is 5. The lowest BCUT2D eigenvalue weighted by Crippen LogP contribution is -2.48. The van der Waals surface area contributed by atoms with Gasteiger partial charge in [-0.2, -0.15) is 0 Å². The van der Waals surface area contributed by atoms with E-state index in [2.05, 4.69) is 10.6 Å². The molecule has 1 aromatic carbocycles. The first kappa shape index (κ1) is 15.9. The summed E-state index contributed by atoms with van der Waals surface area (Å²) in [4.78, 5) is 22.2. The summed E-state index contributed by atoms with van der Waals surface area (Å²) >= 11 is 0. The highest BCUT2D eigenvalue weighted by atomic mass is 19.1. The number of carboxylic acids is 1. The van der Waals surface area contributed by atoms with Crippen LogP contribution in [0.4, 0.5) is 9.18 Å². The first-order valence-electron chi connectivity index (χ1n) is 6.02. The number of hydrogen-bond acceptors (Lipinski definition) is 3. The van der Waals surface area contributed by atoms with Gasteiger partial charge in [0.2, 0.25) is 0 Å². The van der Waals surface area contributed by atoms with Crippen LogP contribution in [0, 0.1) is 12.7 Å². The van der Waals surface area contributed by atoms with Gasteiger partial charge in [-0.15, -0.1) is 0 Å². The molecule has 4 N–H and O–H groups in total. The van der Waals surface area contributed by atoms with E-state index in [9.17, 15) is 14.0 Å². The van der Waals surface area contributed by atoms with Crippen LogP contribution >= 0.6 is 0 Å². The molecule has 6 nitrogen and oxygen atoms in total. The predicted octanol–water partition coefficient (Wildman–Crippen LogP) is 0.940. The van der Waals surface area contributed by atoms with Crippen LogP contribution in [0.1, 0.15) is 24.1 Å². The molecule has 0 saturated heterocycles. The first-order chi connectivity index (χ1) is 9.35. The van der Waals surface area contributed by atoms with Gasteiger partial charge in [0.25, 0.3) is 0 Å². The highest BCUT2D eigenvalue weighted by molar-refractivity contribution is 5.82. The fourth-order valence-corrected chi connectivity index (χ4v) is 1.54. The minimum atomic E-state index is -1.38. The van der Waals surface area contributed by atoms with Crippen molar-refractivity contribution >= 4 is 12.0 Å². The van der Waals surface area contributed by atoms with E-state index < -0.39 is 30.7 Å². The van der Waals surface area contributed by atoms with Crippen LogP contribution in [0.15, 0.2) is 18.2 Å². The number of urea groups is 1. The molecule has 0 aliphatic rings. The summed E-state index contributed by atoms with van der Waals surface area (Å²) in [5.74, 6) is -1.72. The van der Waals surface area contributed by atoms with Crippen molar-refractivity contribution in [2.45, 2.75) is 25.9 Å². The normalized spacial score (nSPS) is 13.4. The van der Waals surface area contributed by atoms with Crippen molar-refractivity contribution in [1.82, 2.24) is 10.6 Å². The average Bonchev–Trinajstić information content (AvgIpc) is 2.38. The van der Waals surface area contributed by atoms with Gasteiger partial charge in [-0.1, -0.05) is 12.1 Å². The van der Waals surface area contributed by atoms with Gasteiger partial charge in [0.15, 0.2) is 6.04 Å².